The van der Waals surface area contributed by atoms with E-state index in [4.69, 9.17) is 0 Å². The van der Waals surface area contributed by atoms with Crippen molar-refractivity contribution in [2.24, 2.45) is 0 Å². The lowest BCUT2D eigenvalue weighted by Crippen LogP contribution is -1.90. The first kappa shape index (κ1) is 10.4. The van der Waals surface area contributed by atoms with Crippen LogP contribution in [-0.4, -0.2) is 9.91 Å². The zero-order valence-corrected chi connectivity index (χ0v) is 7.90. The SMILES string of the molecule is Cl.O=[N+]([O-])c1cncc2ccccc12. The van der Waals surface area contributed by atoms with E-state index in [9.17, 15) is 10.1 Å². The van der Waals surface area contributed by atoms with E-state index in [-0.39, 0.29) is 18.1 Å². The molecule has 2 aromatic rings. The number of benzene rings is 1. The van der Waals surface area contributed by atoms with E-state index in [1.165, 1.54) is 6.20 Å². The smallest absolute Gasteiger partial charge is 0.258 e. The molecule has 0 saturated carbocycles. The van der Waals surface area contributed by atoms with Crippen molar-refractivity contribution in [1.29, 1.82) is 0 Å². The van der Waals surface area contributed by atoms with E-state index in [1.54, 1.807) is 24.4 Å². The molecule has 0 unspecified atom stereocenters. The Kier molecular flexibility index (Phi) is 2.99. The summed E-state index contributed by atoms with van der Waals surface area (Å²) in [4.78, 5) is 14.0. The van der Waals surface area contributed by atoms with Crippen molar-refractivity contribution in [1.82, 2.24) is 4.98 Å². The molecule has 0 aliphatic rings. The average Bonchev–Trinajstić information content (AvgIpc) is 2.17. The highest BCUT2D eigenvalue weighted by Gasteiger charge is 2.10. The summed E-state index contributed by atoms with van der Waals surface area (Å²) in [6, 6.07) is 7.12. The van der Waals surface area contributed by atoms with Crippen molar-refractivity contribution in [2.45, 2.75) is 0 Å². The first-order valence-electron chi connectivity index (χ1n) is 3.76. The van der Waals surface area contributed by atoms with Crippen LogP contribution in [0.4, 0.5) is 5.69 Å². The maximum Gasteiger partial charge on any atom is 0.295 e. The number of halogens is 1. The Balaban J connectivity index is 0.000000980. The van der Waals surface area contributed by atoms with Gasteiger partial charge >= 0.3 is 0 Å². The highest BCUT2D eigenvalue weighted by atomic mass is 35.5. The van der Waals surface area contributed by atoms with Gasteiger partial charge in [-0.3, -0.25) is 15.1 Å². The molecular formula is C9H7ClN2O2. The van der Waals surface area contributed by atoms with Crippen molar-refractivity contribution >= 4 is 28.9 Å². The van der Waals surface area contributed by atoms with Crippen molar-refractivity contribution < 1.29 is 4.92 Å². The topological polar surface area (TPSA) is 56.0 Å². The lowest BCUT2D eigenvalue weighted by molar-refractivity contribution is -0.383. The van der Waals surface area contributed by atoms with E-state index < -0.39 is 4.92 Å². The van der Waals surface area contributed by atoms with E-state index in [2.05, 4.69) is 4.98 Å². The molecule has 1 aromatic carbocycles. The van der Waals surface area contributed by atoms with Gasteiger partial charge in [-0.05, 0) is 6.07 Å². The Labute approximate surface area is 86.1 Å². The fraction of sp³-hybridized carbons (Fsp3) is 0. The van der Waals surface area contributed by atoms with Gasteiger partial charge in [0.15, 0.2) is 0 Å². The Hall–Kier alpha value is -1.68. The van der Waals surface area contributed by atoms with Crippen LogP contribution in [-0.2, 0) is 0 Å². The summed E-state index contributed by atoms with van der Waals surface area (Å²) < 4.78 is 0. The van der Waals surface area contributed by atoms with Crippen LogP contribution >= 0.6 is 12.4 Å². The molecule has 0 bridgehead atoms. The van der Waals surface area contributed by atoms with Crippen molar-refractivity contribution in [3.8, 4) is 0 Å². The van der Waals surface area contributed by atoms with Crippen LogP contribution in [0.1, 0.15) is 0 Å². The number of hydrogen-bond donors (Lipinski definition) is 0. The summed E-state index contributed by atoms with van der Waals surface area (Å²) in [6.07, 6.45) is 2.88. The van der Waals surface area contributed by atoms with Crippen LogP contribution in [0.2, 0.25) is 0 Å². The number of rotatable bonds is 1. The number of hydrogen-bond acceptors (Lipinski definition) is 3. The summed E-state index contributed by atoms with van der Waals surface area (Å²) in [5.41, 5.74) is 0.0538. The van der Waals surface area contributed by atoms with Crippen LogP contribution < -0.4 is 0 Å². The van der Waals surface area contributed by atoms with E-state index >= 15 is 0 Å². The lowest BCUT2D eigenvalue weighted by Gasteiger charge is -1.96. The molecule has 0 amide bonds. The maximum atomic E-state index is 10.6. The highest BCUT2D eigenvalue weighted by molar-refractivity contribution is 5.89. The number of nitro groups is 1. The predicted molar refractivity (Wildman–Crippen MR) is 55.6 cm³/mol. The molecule has 4 nitrogen and oxygen atoms in total. The highest BCUT2D eigenvalue weighted by Crippen LogP contribution is 2.22. The zero-order chi connectivity index (χ0) is 9.26. The van der Waals surface area contributed by atoms with Gasteiger partial charge in [0, 0.05) is 11.6 Å². The van der Waals surface area contributed by atoms with Gasteiger partial charge in [-0.1, -0.05) is 18.2 Å². The molecule has 72 valence electrons. The maximum absolute atomic E-state index is 10.6. The molecule has 0 saturated heterocycles. The Morgan fingerprint density at radius 3 is 2.64 bits per heavy atom. The Morgan fingerprint density at radius 2 is 1.93 bits per heavy atom. The molecule has 0 fully saturated rings. The molecule has 0 N–H and O–H groups in total. The molecule has 14 heavy (non-hydrogen) atoms. The average molecular weight is 211 g/mol. The number of nitrogens with zero attached hydrogens (tertiary/aromatic N) is 2. The van der Waals surface area contributed by atoms with Gasteiger partial charge in [-0.2, -0.15) is 0 Å². The van der Waals surface area contributed by atoms with Crippen molar-refractivity contribution in [3.63, 3.8) is 0 Å². The van der Waals surface area contributed by atoms with Gasteiger partial charge in [0.05, 0.1) is 10.3 Å². The standard InChI is InChI=1S/C9H6N2O2.ClH/c12-11(13)9-6-10-5-7-3-1-2-4-8(7)9;/h1-6H;1H. The monoisotopic (exact) mass is 210 g/mol. The quantitative estimate of drug-likeness (QED) is 0.537. The minimum atomic E-state index is -0.421. The van der Waals surface area contributed by atoms with Gasteiger partial charge < -0.3 is 0 Å². The van der Waals surface area contributed by atoms with E-state index in [0.29, 0.717) is 5.39 Å². The molecule has 2 rings (SSSR count). The van der Waals surface area contributed by atoms with Crippen LogP contribution in [0.15, 0.2) is 36.7 Å². The van der Waals surface area contributed by atoms with Gasteiger partial charge in [0.2, 0.25) is 0 Å². The minimum absolute atomic E-state index is 0. The molecule has 0 spiro atoms. The summed E-state index contributed by atoms with van der Waals surface area (Å²) >= 11 is 0. The third-order valence-electron chi connectivity index (χ3n) is 1.84. The van der Waals surface area contributed by atoms with Gasteiger partial charge in [-0.25, -0.2) is 0 Å². The fourth-order valence-corrected chi connectivity index (χ4v) is 1.25. The molecular weight excluding hydrogens is 204 g/mol. The molecule has 0 radical (unpaired) electrons. The van der Waals surface area contributed by atoms with Crippen LogP contribution in [0, 0.1) is 10.1 Å². The summed E-state index contributed by atoms with van der Waals surface area (Å²) in [6.45, 7) is 0. The summed E-state index contributed by atoms with van der Waals surface area (Å²) in [7, 11) is 0. The largest absolute Gasteiger partial charge is 0.295 e. The Bertz CT molecular complexity index is 468. The molecule has 5 heteroatoms. The molecule has 1 aromatic heterocycles. The first-order valence-corrected chi connectivity index (χ1v) is 3.76. The third kappa shape index (κ3) is 1.65. The third-order valence-corrected chi connectivity index (χ3v) is 1.84. The fourth-order valence-electron chi connectivity index (χ4n) is 1.25. The second-order valence-electron chi connectivity index (χ2n) is 2.64. The molecule has 0 atom stereocenters. The van der Waals surface area contributed by atoms with Gasteiger partial charge in [0.25, 0.3) is 5.69 Å². The number of fused-ring (bicyclic) bond motifs is 1. The zero-order valence-electron chi connectivity index (χ0n) is 7.08. The van der Waals surface area contributed by atoms with Crippen molar-refractivity contribution in [3.05, 3.63) is 46.8 Å². The minimum Gasteiger partial charge on any atom is -0.258 e. The number of aromatic nitrogens is 1. The first-order chi connectivity index (χ1) is 6.29. The van der Waals surface area contributed by atoms with Crippen LogP contribution in [0.5, 0.6) is 0 Å². The molecule has 1 heterocycles. The van der Waals surface area contributed by atoms with E-state index in [0.717, 1.165) is 5.39 Å². The van der Waals surface area contributed by atoms with Gasteiger partial charge in [0.1, 0.15) is 6.20 Å². The van der Waals surface area contributed by atoms with E-state index in [1.807, 2.05) is 6.07 Å². The molecule has 0 aliphatic heterocycles. The van der Waals surface area contributed by atoms with Gasteiger partial charge in [-0.15, -0.1) is 12.4 Å². The van der Waals surface area contributed by atoms with Crippen LogP contribution in [0.3, 0.4) is 0 Å². The molecule has 0 aliphatic carbocycles. The second-order valence-corrected chi connectivity index (χ2v) is 2.64. The normalized spacial score (nSPS) is 9.43. The second kappa shape index (κ2) is 4.02. The van der Waals surface area contributed by atoms with Crippen LogP contribution in [0.25, 0.3) is 10.8 Å². The predicted octanol–water partition coefficient (Wildman–Crippen LogP) is 2.56. The number of pyridine rings is 1. The summed E-state index contributed by atoms with van der Waals surface area (Å²) in [5, 5.41) is 12.0. The summed E-state index contributed by atoms with van der Waals surface area (Å²) in [5.74, 6) is 0. The lowest BCUT2D eigenvalue weighted by atomic mass is 10.1. The Morgan fingerprint density at radius 1 is 1.21 bits per heavy atom. The van der Waals surface area contributed by atoms with Crippen molar-refractivity contribution in [2.75, 3.05) is 0 Å².